The summed E-state index contributed by atoms with van der Waals surface area (Å²) in [6.45, 7) is 7.24. The first-order valence-electron chi connectivity index (χ1n) is 6.22. The van der Waals surface area contributed by atoms with E-state index in [-0.39, 0.29) is 6.61 Å². The smallest absolute Gasteiger partial charge is 0.0558 e. The number of aliphatic hydroxyl groups excluding tert-OH is 1. The lowest BCUT2D eigenvalue weighted by Crippen LogP contribution is -2.39. The molecule has 3 nitrogen and oxygen atoms in total. The first kappa shape index (κ1) is 11.4. The van der Waals surface area contributed by atoms with Crippen LogP contribution in [-0.2, 0) is 4.74 Å². The van der Waals surface area contributed by atoms with Crippen molar-refractivity contribution in [1.29, 1.82) is 0 Å². The maximum atomic E-state index is 8.98. The molecule has 0 aromatic heterocycles. The number of likely N-dealkylation sites (tertiary alicyclic amines) is 1. The quantitative estimate of drug-likeness (QED) is 0.743. The minimum Gasteiger partial charge on any atom is -0.395 e. The van der Waals surface area contributed by atoms with Gasteiger partial charge in [-0.05, 0) is 25.2 Å². The fourth-order valence-corrected chi connectivity index (χ4v) is 3.14. The van der Waals surface area contributed by atoms with E-state index in [4.69, 9.17) is 9.84 Å². The molecule has 1 heterocycles. The van der Waals surface area contributed by atoms with Gasteiger partial charge in [0.1, 0.15) is 0 Å². The summed E-state index contributed by atoms with van der Waals surface area (Å²) in [6, 6.07) is 0. The van der Waals surface area contributed by atoms with Crippen LogP contribution in [0.1, 0.15) is 26.2 Å². The fourth-order valence-electron chi connectivity index (χ4n) is 3.14. The zero-order valence-corrected chi connectivity index (χ0v) is 9.74. The summed E-state index contributed by atoms with van der Waals surface area (Å²) in [5, 5.41) is 8.98. The molecule has 88 valence electrons. The van der Waals surface area contributed by atoms with Gasteiger partial charge in [0.05, 0.1) is 13.2 Å². The van der Waals surface area contributed by atoms with E-state index in [1.165, 1.54) is 25.8 Å². The molecule has 3 heteroatoms. The minimum absolute atomic E-state index is 0.289. The molecule has 1 spiro atoms. The van der Waals surface area contributed by atoms with Gasteiger partial charge >= 0.3 is 0 Å². The molecule has 1 aliphatic heterocycles. The van der Waals surface area contributed by atoms with Crippen LogP contribution in [0, 0.1) is 11.3 Å². The SMILES string of the molecule is CCOCC1CN(CCO)CC12CCC2. The first-order valence-corrected chi connectivity index (χ1v) is 6.22. The third kappa shape index (κ3) is 2.19. The molecule has 0 aromatic rings. The van der Waals surface area contributed by atoms with Crippen molar-refractivity contribution >= 4 is 0 Å². The number of aliphatic hydroxyl groups is 1. The molecule has 1 N–H and O–H groups in total. The van der Waals surface area contributed by atoms with Crippen LogP contribution in [0.2, 0.25) is 0 Å². The summed E-state index contributed by atoms with van der Waals surface area (Å²) in [5.41, 5.74) is 0.546. The Hall–Kier alpha value is -0.120. The Morgan fingerprint density at radius 2 is 2.27 bits per heavy atom. The van der Waals surface area contributed by atoms with Crippen LogP contribution in [-0.4, -0.2) is 49.5 Å². The van der Waals surface area contributed by atoms with Crippen molar-refractivity contribution in [2.75, 3.05) is 39.5 Å². The maximum Gasteiger partial charge on any atom is 0.0558 e. The predicted octanol–water partition coefficient (Wildman–Crippen LogP) is 1.12. The highest BCUT2D eigenvalue weighted by Gasteiger charge is 2.49. The van der Waals surface area contributed by atoms with E-state index in [2.05, 4.69) is 11.8 Å². The van der Waals surface area contributed by atoms with Crippen molar-refractivity contribution in [3.8, 4) is 0 Å². The van der Waals surface area contributed by atoms with Crippen molar-refractivity contribution in [3.05, 3.63) is 0 Å². The Morgan fingerprint density at radius 3 is 2.80 bits per heavy atom. The summed E-state index contributed by atoms with van der Waals surface area (Å²) in [4.78, 5) is 2.41. The number of nitrogens with zero attached hydrogens (tertiary/aromatic N) is 1. The maximum absolute atomic E-state index is 8.98. The number of hydrogen-bond acceptors (Lipinski definition) is 3. The zero-order valence-electron chi connectivity index (χ0n) is 9.74. The van der Waals surface area contributed by atoms with Crippen LogP contribution in [0.4, 0.5) is 0 Å². The molecular formula is C12H23NO2. The topological polar surface area (TPSA) is 32.7 Å². The van der Waals surface area contributed by atoms with Gasteiger partial charge in [0.25, 0.3) is 0 Å². The van der Waals surface area contributed by atoms with E-state index in [1.54, 1.807) is 0 Å². The Kier molecular flexibility index (Phi) is 3.65. The second-order valence-electron chi connectivity index (χ2n) is 5.03. The van der Waals surface area contributed by atoms with Crippen LogP contribution in [0.25, 0.3) is 0 Å². The molecule has 1 aliphatic carbocycles. The normalized spacial score (nSPS) is 29.6. The first-order chi connectivity index (χ1) is 7.30. The average molecular weight is 213 g/mol. The predicted molar refractivity (Wildman–Crippen MR) is 59.8 cm³/mol. The Balaban J connectivity index is 1.89. The van der Waals surface area contributed by atoms with Gasteiger partial charge in [-0.25, -0.2) is 0 Å². The van der Waals surface area contributed by atoms with Crippen molar-refractivity contribution < 1.29 is 9.84 Å². The van der Waals surface area contributed by atoms with E-state index < -0.39 is 0 Å². The highest BCUT2D eigenvalue weighted by Crippen LogP contribution is 2.51. The summed E-state index contributed by atoms with van der Waals surface area (Å²) in [6.07, 6.45) is 4.12. The Bertz CT molecular complexity index is 204. The molecule has 0 aromatic carbocycles. The van der Waals surface area contributed by atoms with Gasteiger partial charge < -0.3 is 14.7 Å². The average Bonchev–Trinajstić information content (AvgIpc) is 2.54. The van der Waals surface area contributed by atoms with Crippen molar-refractivity contribution in [2.45, 2.75) is 26.2 Å². The Labute approximate surface area is 92.4 Å². The van der Waals surface area contributed by atoms with Crippen LogP contribution in [0.3, 0.4) is 0 Å². The molecule has 0 radical (unpaired) electrons. The van der Waals surface area contributed by atoms with Crippen molar-refractivity contribution in [2.24, 2.45) is 11.3 Å². The van der Waals surface area contributed by atoms with E-state index >= 15 is 0 Å². The number of rotatable bonds is 5. The second kappa shape index (κ2) is 4.81. The van der Waals surface area contributed by atoms with Crippen LogP contribution >= 0.6 is 0 Å². The van der Waals surface area contributed by atoms with E-state index in [0.717, 1.165) is 26.3 Å². The van der Waals surface area contributed by atoms with Crippen molar-refractivity contribution in [3.63, 3.8) is 0 Å². The van der Waals surface area contributed by atoms with Gasteiger partial charge in [0, 0.05) is 32.2 Å². The van der Waals surface area contributed by atoms with Gasteiger partial charge in [-0.3, -0.25) is 0 Å². The molecule has 0 amide bonds. The van der Waals surface area contributed by atoms with E-state index in [0.29, 0.717) is 11.3 Å². The van der Waals surface area contributed by atoms with Gasteiger partial charge in [-0.15, -0.1) is 0 Å². The lowest BCUT2D eigenvalue weighted by molar-refractivity contribution is 0.0222. The van der Waals surface area contributed by atoms with Gasteiger partial charge in [0.15, 0.2) is 0 Å². The highest BCUT2D eigenvalue weighted by molar-refractivity contribution is 5.01. The zero-order chi connectivity index (χ0) is 10.7. The third-order valence-corrected chi connectivity index (χ3v) is 4.17. The summed E-state index contributed by atoms with van der Waals surface area (Å²) < 4.78 is 5.59. The summed E-state index contributed by atoms with van der Waals surface area (Å²) in [7, 11) is 0. The third-order valence-electron chi connectivity index (χ3n) is 4.17. The lowest BCUT2D eigenvalue weighted by atomic mass is 9.63. The molecular weight excluding hydrogens is 190 g/mol. The van der Waals surface area contributed by atoms with Crippen LogP contribution < -0.4 is 0 Å². The molecule has 2 aliphatic rings. The van der Waals surface area contributed by atoms with Gasteiger partial charge in [0.2, 0.25) is 0 Å². The summed E-state index contributed by atoms with van der Waals surface area (Å²) >= 11 is 0. The number of β-amino-alcohol motifs (C(OH)–C–C–N with tert-alkyl or cyclic N) is 1. The van der Waals surface area contributed by atoms with Crippen LogP contribution in [0.15, 0.2) is 0 Å². The van der Waals surface area contributed by atoms with E-state index in [1.807, 2.05) is 0 Å². The standard InChI is InChI=1S/C12H23NO2/c1-2-15-9-11-8-13(6-7-14)10-12(11)4-3-5-12/h11,14H,2-10H2,1H3. The van der Waals surface area contributed by atoms with Crippen LogP contribution in [0.5, 0.6) is 0 Å². The van der Waals surface area contributed by atoms with Gasteiger partial charge in [-0.1, -0.05) is 6.42 Å². The molecule has 1 atom stereocenters. The second-order valence-corrected chi connectivity index (χ2v) is 5.03. The van der Waals surface area contributed by atoms with Gasteiger partial charge in [-0.2, -0.15) is 0 Å². The highest BCUT2D eigenvalue weighted by atomic mass is 16.5. The molecule has 1 saturated heterocycles. The number of hydrogen-bond donors (Lipinski definition) is 1. The largest absolute Gasteiger partial charge is 0.395 e. The minimum atomic E-state index is 0.289. The van der Waals surface area contributed by atoms with Crippen molar-refractivity contribution in [1.82, 2.24) is 4.90 Å². The van der Waals surface area contributed by atoms with E-state index in [9.17, 15) is 0 Å². The summed E-state index contributed by atoms with van der Waals surface area (Å²) in [5.74, 6) is 0.706. The monoisotopic (exact) mass is 213 g/mol. The fraction of sp³-hybridized carbons (Fsp3) is 1.00. The Morgan fingerprint density at radius 1 is 1.47 bits per heavy atom. The lowest BCUT2D eigenvalue weighted by Gasteiger charge is -2.43. The molecule has 15 heavy (non-hydrogen) atoms. The molecule has 1 saturated carbocycles. The molecule has 0 bridgehead atoms. The molecule has 2 rings (SSSR count). The molecule has 2 fully saturated rings. The molecule has 1 unspecified atom stereocenters. The number of ether oxygens (including phenoxy) is 1.